The van der Waals surface area contributed by atoms with Crippen LogP contribution in [0.4, 0.5) is 5.82 Å². The van der Waals surface area contributed by atoms with E-state index in [9.17, 15) is 14.6 Å². The van der Waals surface area contributed by atoms with Crippen LogP contribution in [-0.2, 0) is 38.4 Å². The highest BCUT2D eigenvalue weighted by molar-refractivity contribution is 7.52. The van der Waals surface area contributed by atoms with Gasteiger partial charge in [0.2, 0.25) is 5.60 Å². The van der Waals surface area contributed by atoms with Crippen molar-refractivity contribution in [2.45, 2.75) is 108 Å². The fraction of sp³-hybridized carbons (Fsp3) is 0.562. The summed E-state index contributed by atoms with van der Waals surface area (Å²) in [6, 6.07) is 10.8. The molecule has 1 aromatic carbocycles. The number of benzene rings is 1. The summed E-state index contributed by atoms with van der Waals surface area (Å²) in [5, 5.41) is 18.1. The summed E-state index contributed by atoms with van der Waals surface area (Å²) in [5.41, 5.74) is 5.16. The van der Waals surface area contributed by atoms with Crippen LogP contribution in [0.3, 0.4) is 0 Å². The van der Waals surface area contributed by atoms with Gasteiger partial charge in [-0.05, 0) is 82.9 Å². The van der Waals surface area contributed by atoms with Crippen LogP contribution in [0.1, 0.15) is 71.4 Å². The van der Waals surface area contributed by atoms with Crippen LogP contribution in [0, 0.1) is 11.3 Å². The maximum Gasteiger partial charge on any atom is 0.459 e. The van der Waals surface area contributed by atoms with Gasteiger partial charge in [-0.25, -0.2) is 14.1 Å². The van der Waals surface area contributed by atoms with Gasteiger partial charge in [0.05, 0.1) is 12.3 Å². The lowest BCUT2D eigenvalue weighted by atomic mass is 9.92. The van der Waals surface area contributed by atoms with Crippen molar-refractivity contribution < 1.29 is 37.4 Å². The molecule has 3 aromatic rings. The van der Waals surface area contributed by atoms with E-state index in [1.807, 2.05) is 0 Å². The number of hydrogen-bond acceptors (Lipinski definition) is 12. The molecule has 2 aromatic heterocycles. The Kier molecular flexibility index (Phi) is 10.0. The van der Waals surface area contributed by atoms with Crippen LogP contribution in [0.25, 0.3) is 5.52 Å². The number of nitrogens with two attached hydrogens (primary N) is 1. The number of ether oxygens (including phenoxy) is 4. The second-order valence-electron chi connectivity index (χ2n) is 12.8. The number of anilines is 1. The molecule has 0 spiro atoms. The molecule has 16 heteroatoms. The molecule has 14 nitrogen and oxygen atoms in total. The number of carbonyl (C=O) groups is 1. The molecule has 0 radical (unpaired) electrons. The topological polar surface area (TPSA) is 182 Å². The van der Waals surface area contributed by atoms with Crippen LogP contribution < -0.4 is 15.3 Å². The molecule has 1 saturated carbocycles. The van der Waals surface area contributed by atoms with Gasteiger partial charge >= 0.3 is 13.7 Å². The number of nitriles is 1. The van der Waals surface area contributed by atoms with E-state index in [1.54, 1.807) is 38.1 Å². The fourth-order valence-electron chi connectivity index (χ4n) is 6.45. The third-order valence-electron chi connectivity index (χ3n) is 8.75. The van der Waals surface area contributed by atoms with E-state index >= 15 is 0 Å². The number of esters is 1. The lowest BCUT2D eigenvalue weighted by Crippen LogP contribution is -2.40. The summed E-state index contributed by atoms with van der Waals surface area (Å²) in [6.45, 7) is 4.62. The second-order valence-corrected chi connectivity index (χ2v) is 14.9. The third kappa shape index (κ3) is 7.19. The molecule has 4 heterocycles. The van der Waals surface area contributed by atoms with Crippen molar-refractivity contribution in [1.82, 2.24) is 19.7 Å². The van der Waals surface area contributed by atoms with E-state index in [4.69, 9.17) is 45.3 Å². The largest absolute Gasteiger partial charge is 0.461 e. The predicted molar refractivity (Wildman–Crippen MR) is 174 cm³/mol. The van der Waals surface area contributed by atoms with E-state index < -0.39 is 49.5 Å². The van der Waals surface area contributed by atoms with Gasteiger partial charge in [-0.15, -0.1) is 0 Å². The molecule has 0 amide bonds. The SMILES string of the molecule is C[C@H](NP(=O)(OC[C@H]1O[C@@](C#N)(c2ccc3c(N)ncnn23)[C@@H]2OC(C)(C)O[C@@H]21)Oc1ccc(Cl)cc1)C(=O)OC1CCCCCCC1. The molecular formula is C32H40ClN6O8P. The van der Waals surface area contributed by atoms with Crippen molar-refractivity contribution in [1.29, 1.82) is 5.26 Å². The highest BCUT2D eigenvalue weighted by atomic mass is 35.5. The molecule has 0 bridgehead atoms. The van der Waals surface area contributed by atoms with Crippen molar-refractivity contribution in [3.8, 4) is 11.8 Å². The zero-order chi connectivity index (χ0) is 34.1. The zero-order valence-electron chi connectivity index (χ0n) is 27.0. The summed E-state index contributed by atoms with van der Waals surface area (Å²) in [4.78, 5) is 17.2. The summed E-state index contributed by atoms with van der Waals surface area (Å²) in [5.74, 6) is -1.25. The van der Waals surface area contributed by atoms with Gasteiger partial charge in [-0.1, -0.05) is 30.9 Å². The molecule has 3 fully saturated rings. The Balaban J connectivity index is 1.24. The van der Waals surface area contributed by atoms with E-state index in [2.05, 4.69) is 21.2 Å². The maximum absolute atomic E-state index is 14.4. The quantitative estimate of drug-likeness (QED) is 0.201. The minimum absolute atomic E-state index is 0.186. The normalized spacial score (nSPS) is 27.7. The van der Waals surface area contributed by atoms with E-state index in [-0.39, 0.29) is 24.3 Å². The number of halogens is 1. The fourth-order valence-corrected chi connectivity index (χ4v) is 8.08. The van der Waals surface area contributed by atoms with Crippen LogP contribution in [-0.4, -0.2) is 63.4 Å². The summed E-state index contributed by atoms with van der Waals surface area (Å²) in [6.07, 6.45) is 5.26. The van der Waals surface area contributed by atoms with Crippen LogP contribution in [0.15, 0.2) is 42.7 Å². The maximum atomic E-state index is 14.4. The monoisotopic (exact) mass is 702 g/mol. The number of nitrogen functional groups attached to an aromatic ring is 1. The van der Waals surface area contributed by atoms with Crippen LogP contribution in [0.5, 0.6) is 5.75 Å². The first-order valence-corrected chi connectivity index (χ1v) is 18.1. The predicted octanol–water partition coefficient (Wildman–Crippen LogP) is 5.44. The Hall–Kier alpha value is -3.28. The van der Waals surface area contributed by atoms with Gasteiger partial charge in [-0.3, -0.25) is 9.32 Å². The minimum Gasteiger partial charge on any atom is -0.461 e. The molecule has 6 atom stereocenters. The van der Waals surface area contributed by atoms with Crippen LogP contribution >= 0.6 is 19.3 Å². The van der Waals surface area contributed by atoms with Gasteiger partial charge < -0.3 is 29.2 Å². The number of fused-ring (bicyclic) bond motifs is 2. The molecule has 3 aliphatic rings. The third-order valence-corrected chi connectivity index (χ3v) is 10.6. The lowest BCUT2D eigenvalue weighted by Gasteiger charge is -2.29. The highest BCUT2D eigenvalue weighted by Gasteiger charge is 2.65. The average molecular weight is 703 g/mol. The molecule has 48 heavy (non-hydrogen) atoms. The molecule has 3 N–H and O–H groups in total. The van der Waals surface area contributed by atoms with Crippen molar-refractivity contribution in [3.05, 3.63) is 53.4 Å². The summed E-state index contributed by atoms with van der Waals surface area (Å²) >= 11 is 6.05. The number of rotatable bonds is 10. The van der Waals surface area contributed by atoms with Gasteiger partial charge in [-0.2, -0.15) is 15.4 Å². The molecule has 2 aliphatic heterocycles. The minimum atomic E-state index is -4.31. The second kappa shape index (κ2) is 13.9. The van der Waals surface area contributed by atoms with Gasteiger partial charge in [0.25, 0.3) is 0 Å². The smallest absolute Gasteiger partial charge is 0.459 e. The Morgan fingerprint density at radius 1 is 1.15 bits per heavy atom. The first-order chi connectivity index (χ1) is 22.9. The number of nitrogens with one attached hydrogen (secondary N) is 1. The van der Waals surface area contributed by atoms with Crippen molar-refractivity contribution >= 4 is 36.7 Å². The number of aromatic nitrogens is 3. The molecule has 258 valence electrons. The van der Waals surface area contributed by atoms with E-state index in [0.717, 1.165) is 38.5 Å². The zero-order valence-corrected chi connectivity index (χ0v) is 28.7. The van der Waals surface area contributed by atoms with E-state index in [0.29, 0.717) is 16.2 Å². The van der Waals surface area contributed by atoms with Gasteiger partial charge in [0.15, 0.2) is 11.6 Å². The Morgan fingerprint density at radius 3 is 2.56 bits per heavy atom. The molecular weight excluding hydrogens is 663 g/mol. The number of carbonyl (C=O) groups excluding carboxylic acids is 1. The summed E-state index contributed by atoms with van der Waals surface area (Å²) < 4.78 is 52.4. The van der Waals surface area contributed by atoms with Crippen molar-refractivity contribution in [3.63, 3.8) is 0 Å². The Morgan fingerprint density at radius 2 is 1.85 bits per heavy atom. The molecule has 6 rings (SSSR count). The van der Waals surface area contributed by atoms with Crippen molar-refractivity contribution in [2.75, 3.05) is 12.3 Å². The van der Waals surface area contributed by atoms with Gasteiger partial charge in [0, 0.05) is 5.02 Å². The first-order valence-electron chi connectivity index (χ1n) is 16.1. The molecule has 1 aliphatic carbocycles. The Labute approximate surface area is 283 Å². The van der Waals surface area contributed by atoms with E-state index in [1.165, 1.54) is 36.3 Å². The molecule has 1 unspecified atom stereocenters. The first kappa shape index (κ1) is 34.6. The summed E-state index contributed by atoms with van der Waals surface area (Å²) in [7, 11) is -4.31. The number of hydrogen-bond donors (Lipinski definition) is 2. The Bertz CT molecular complexity index is 1710. The van der Waals surface area contributed by atoms with Gasteiger partial charge in [0.1, 0.15) is 54.1 Å². The van der Waals surface area contributed by atoms with Crippen LogP contribution in [0.2, 0.25) is 5.02 Å². The number of nitrogens with zero attached hydrogens (tertiary/aromatic N) is 4. The lowest BCUT2D eigenvalue weighted by molar-refractivity contribution is -0.204. The standard InChI is InChI=1S/C32H40ClN6O8P/c1-20(30(40)43-22-9-7-5-4-6-8-10-22)38-48(41,47-23-13-11-21(33)12-14-23)42-17-25-27-28(46-31(2,3)45-27)32(18-34,44-25)26-16-15-24-29(35)36-19-37-39(24)26/h11-16,19-20,22,25,27-28H,4-10,17H2,1-3H3,(H,38,41)(H2,35,36,37)/t20-,25+,27+,28+,32-,48?/m0/s1. The average Bonchev–Trinajstić information content (AvgIpc) is 3.69. The highest BCUT2D eigenvalue weighted by Crippen LogP contribution is 2.51. The van der Waals surface area contributed by atoms with Crippen molar-refractivity contribution in [2.24, 2.45) is 0 Å². The molecule has 2 saturated heterocycles.